The van der Waals surface area contributed by atoms with Crippen LogP contribution in [0, 0.1) is 0 Å². The third-order valence-corrected chi connectivity index (χ3v) is 5.08. The molecule has 1 aromatic rings. The van der Waals surface area contributed by atoms with Gasteiger partial charge in [-0.25, -0.2) is 4.79 Å². The molecule has 152 valence electrons. The van der Waals surface area contributed by atoms with Gasteiger partial charge in [-0.15, -0.1) is 6.58 Å². The van der Waals surface area contributed by atoms with Crippen molar-refractivity contribution in [2.75, 3.05) is 27.9 Å². The second-order valence-corrected chi connectivity index (χ2v) is 6.74. The maximum Gasteiger partial charge on any atom is 0.329 e. The highest BCUT2D eigenvalue weighted by molar-refractivity contribution is 5.91. The van der Waals surface area contributed by atoms with Crippen molar-refractivity contribution in [3.63, 3.8) is 0 Å². The van der Waals surface area contributed by atoms with Crippen LogP contribution in [0.15, 0.2) is 36.9 Å². The summed E-state index contributed by atoms with van der Waals surface area (Å²) >= 11 is 0. The number of rotatable bonds is 8. The molecule has 0 aromatic heterocycles. The van der Waals surface area contributed by atoms with Gasteiger partial charge in [0, 0.05) is 6.54 Å². The van der Waals surface area contributed by atoms with Crippen molar-refractivity contribution in [2.45, 2.75) is 31.2 Å². The van der Waals surface area contributed by atoms with E-state index in [-0.39, 0.29) is 18.9 Å². The number of hydrogen-bond donors (Lipinski definition) is 1. The first kappa shape index (κ1) is 21.3. The van der Waals surface area contributed by atoms with Crippen molar-refractivity contribution in [3.8, 4) is 17.2 Å². The first-order valence-electron chi connectivity index (χ1n) is 8.94. The van der Waals surface area contributed by atoms with Crippen LogP contribution in [0.3, 0.4) is 0 Å². The summed E-state index contributed by atoms with van der Waals surface area (Å²) in [6.07, 6.45) is 5.84. The van der Waals surface area contributed by atoms with Gasteiger partial charge in [-0.3, -0.25) is 4.79 Å². The molecule has 1 N–H and O–H groups in total. The molecule has 0 bridgehead atoms. The zero-order valence-corrected chi connectivity index (χ0v) is 16.7. The van der Waals surface area contributed by atoms with Crippen LogP contribution < -0.4 is 14.2 Å². The Morgan fingerprint density at radius 3 is 2.29 bits per heavy atom. The molecule has 0 saturated heterocycles. The summed E-state index contributed by atoms with van der Waals surface area (Å²) in [5.41, 5.74) is -0.659. The standard InChI is InChI=1S/C21H27NO6/c1-6-9-15(14-12-16(26-3)18(28-5)17(13-14)27-4)19(23)22-11-8-7-10-21(22,2)20(24)25/h6-8,12-13,15H,1,9-11H2,2-5H3,(H,24,25)/t15-,21-/m0/s1. The first-order chi connectivity index (χ1) is 13.3. The Morgan fingerprint density at radius 2 is 1.82 bits per heavy atom. The zero-order chi connectivity index (χ0) is 20.9. The van der Waals surface area contributed by atoms with Gasteiger partial charge >= 0.3 is 5.97 Å². The quantitative estimate of drug-likeness (QED) is 0.688. The van der Waals surface area contributed by atoms with Crippen molar-refractivity contribution < 1.29 is 28.9 Å². The van der Waals surface area contributed by atoms with Crippen LogP contribution in [0.1, 0.15) is 31.2 Å². The van der Waals surface area contributed by atoms with E-state index in [1.165, 1.54) is 26.2 Å². The maximum atomic E-state index is 13.4. The van der Waals surface area contributed by atoms with Gasteiger partial charge in [0.2, 0.25) is 11.7 Å². The van der Waals surface area contributed by atoms with E-state index in [1.807, 2.05) is 6.08 Å². The van der Waals surface area contributed by atoms with Crippen LogP contribution in [0.5, 0.6) is 17.2 Å². The molecule has 0 unspecified atom stereocenters. The summed E-state index contributed by atoms with van der Waals surface area (Å²) < 4.78 is 16.1. The van der Waals surface area contributed by atoms with E-state index in [0.29, 0.717) is 29.2 Å². The average Bonchev–Trinajstić information content (AvgIpc) is 2.70. The largest absolute Gasteiger partial charge is 0.493 e. The van der Waals surface area contributed by atoms with E-state index < -0.39 is 17.4 Å². The summed E-state index contributed by atoms with van der Waals surface area (Å²) in [5.74, 6) is -0.668. The summed E-state index contributed by atoms with van der Waals surface area (Å²) in [4.78, 5) is 26.7. The molecule has 2 atom stereocenters. The second-order valence-electron chi connectivity index (χ2n) is 6.74. The lowest BCUT2D eigenvalue weighted by Crippen LogP contribution is -2.57. The Morgan fingerprint density at radius 1 is 1.21 bits per heavy atom. The molecule has 0 spiro atoms. The van der Waals surface area contributed by atoms with E-state index in [2.05, 4.69) is 6.58 Å². The van der Waals surface area contributed by atoms with Gasteiger partial charge < -0.3 is 24.2 Å². The molecule has 1 heterocycles. The van der Waals surface area contributed by atoms with Crippen LogP contribution in [0.25, 0.3) is 0 Å². The Labute approximate surface area is 165 Å². The van der Waals surface area contributed by atoms with E-state index in [0.717, 1.165) is 0 Å². The average molecular weight is 389 g/mol. The fourth-order valence-corrected chi connectivity index (χ4v) is 3.38. The normalized spacial score (nSPS) is 19.6. The Balaban J connectivity index is 2.53. The molecule has 1 aromatic carbocycles. The number of carboxylic acids is 1. The molecular formula is C21H27NO6. The minimum atomic E-state index is -1.30. The molecule has 0 radical (unpaired) electrons. The zero-order valence-electron chi connectivity index (χ0n) is 16.7. The smallest absolute Gasteiger partial charge is 0.329 e. The number of carbonyl (C=O) groups is 2. The third kappa shape index (κ3) is 3.83. The highest BCUT2D eigenvalue weighted by atomic mass is 16.5. The van der Waals surface area contributed by atoms with Crippen LogP contribution in [-0.4, -0.2) is 55.3 Å². The van der Waals surface area contributed by atoms with Gasteiger partial charge in [-0.2, -0.15) is 0 Å². The summed E-state index contributed by atoms with van der Waals surface area (Å²) in [6, 6.07) is 3.43. The highest BCUT2D eigenvalue weighted by Crippen LogP contribution is 2.41. The lowest BCUT2D eigenvalue weighted by molar-refractivity contribution is -0.158. The SMILES string of the molecule is C=CC[C@H](C(=O)N1CC=CC[C@@]1(C)C(=O)O)c1cc(OC)c(OC)c(OC)c1. The molecule has 1 aliphatic rings. The van der Waals surface area contributed by atoms with Gasteiger partial charge in [0.05, 0.1) is 27.2 Å². The highest BCUT2D eigenvalue weighted by Gasteiger charge is 2.44. The predicted octanol–water partition coefficient (Wildman–Crippen LogP) is 3.00. The monoisotopic (exact) mass is 389 g/mol. The van der Waals surface area contributed by atoms with E-state index in [4.69, 9.17) is 14.2 Å². The van der Waals surface area contributed by atoms with Crippen LogP contribution in [0.2, 0.25) is 0 Å². The van der Waals surface area contributed by atoms with Crippen molar-refractivity contribution in [1.82, 2.24) is 4.90 Å². The number of benzene rings is 1. The molecule has 1 amide bonds. The molecular weight excluding hydrogens is 362 g/mol. The maximum absolute atomic E-state index is 13.4. The molecule has 0 fully saturated rings. The van der Waals surface area contributed by atoms with Gasteiger partial charge in [0.25, 0.3) is 0 Å². The number of methoxy groups -OCH3 is 3. The topological polar surface area (TPSA) is 85.3 Å². The number of nitrogens with zero attached hydrogens (tertiary/aromatic N) is 1. The van der Waals surface area contributed by atoms with E-state index in [9.17, 15) is 14.7 Å². The van der Waals surface area contributed by atoms with Crippen molar-refractivity contribution in [3.05, 3.63) is 42.5 Å². The number of carboxylic acid groups (broad SMARTS) is 1. The first-order valence-corrected chi connectivity index (χ1v) is 8.94. The second kappa shape index (κ2) is 8.82. The number of aliphatic carboxylic acids is 1. The van der Waals surface area contributed by atoms with Gasteiger partial charge in [-0.1, -0.05) is 18.2 Å². The minimum absolute atomic E-state index is 0.236. The van der Waals surface area contributed by atoms with Crippen LogP contribution in [0.4, 0.5) is 0 Å². The number of ether oxygens (including phenoxy) is 3. The molecule has 0 saturated carbocycles. The van der Waals surface area contributed by atoms with Gasteiger partial charge in [0.1, 0.15) is 5.54 Å². The lowest BCUT2D eigenvalue weighted by Gasteiger charge is -2.41. The van der Waals surface area contributed by atoms with E-state index >= 15 is 0 Å². The third-order valence-electron chi connectivity index (χ3n) is 5.08. The lowest BCUT2D eigenvalue weighted by atomic mass is 9.87. The van der Waals surface area contributed by atoms with Crippen molar-refractivity contribution >= 4 is 11.9 Å². The molecule has 7 heteroatoms. The fraction of sp³-hybridized carbons (Fsp3) is 0.429. The Hall–Kier alpha value is -2.96. The molecule has 1 aliphatic heterocycles. The summed E-state index contributed by atoms with van der Waals surface area (Å²) in [6.45, 7) is 5.56. The summed E-state index contributed by atoms with van der Waals surface area (Å²) in [7, 11) is 4.51. The predicted molar refractivity (Wildman–Crippen MR) is 105 cm³/mol. The molecule has 7 nitrogen and oxygen atoms in total. The van der Waals surface area contributed by atoms with Crippen molar-refractivity contribution in [2.24, 2.45) is 0 Å². The van der Waals surface area contributed by atoms with Gasteiger partial charge in [0.15, 0.2) is 11.5 Å². The molecule has 28 heavy (non-hydrogen) atoms. The Kier molecular flexibility index (Phi) is 6.72. The van der Waals surface area contributed by atoms with Crippen LogP contribution >= 0.6 is 0 Å². The number of hydrogen-bond acceptors (Lipinski definition) is 5. The number of carbonyl (C=O) groups excluding carboxylic acids is 1. The number of allylic oxidation sites excluding steroid dienone is 1. The Bertz CT molecular complexity index is 762. The van der Waals surface area contributed by atoms with E-state index in [1.54, 1.807) is 31.2 Å². The summed E-state index contributed by atoms with van der Waals surface area (Å²) in [5, 5.41) is 9.73. The van der Waals surface area contributed by atoms with Crippen molar-refractivity contribution in [1.29, 1.82) is 0 Å². The number of amides is 1. The molecule has 0 aliphatic carbocycles. The van der Waals surface area contributed by atoms with Gasteiger partial charge in [-0.05, 0) is 37.5 Å². The van der Waals surface area contributed by atoms with Crippen LogP contribution in [-0.2, 0) is 9.59 Å². The minimum Gasteiger partial charge on any atom is -0.493 e. The fourth-order valence-electron chi connectivity index (χ4n) is 3.38. The molecule has 2 rings (SSSR count).